The number of anilines is 1. The first kappa shape index (κ1) is 11.6. The molecule has 0 atom stereocenters. The van der Waals surface area contributed by atoms with Crippen LogP contribution in [0.5, 0.6) is 17.2 Å². The van der Waals surface area contributed by atoms with Gasteiger partial charge in [0.05, 0.1) is 7.11 Å². The average molecular weight is 250 g/mol. The maximum atomic E-state index is 5.87. The minimum Gasteiger partial charge on any atom is -0.497 e. The van der Waals surface area contributed by atoms with Gasteiger partial charge in [-0.25, -0.2) is 0 Å². The zero-order chi connectivity index (χ0) is 12.3. The summed E-state index contributed by atoms with van der Waals surface area (Å²) in [5.74, 6) is 1.93. The van der Waals surface area contributed by atoms with Crippen molar-refractivity contribution in [3.05, 3.63) is 47.5 Å². The smallest absolute Gasteiger partial charge is 0.133 e. The summed E-state index contributed by atoms with van der Waals surface area (Å²) in [6.45, 7) is 0. The second kappa shape index (κ2) is 4.97. The Hall–Kier alpha value is -1.87. The first-order valence-corrected chi connectivity index (χ1v) is 5.43. The summed E-state index contributed by atoms with van der Waals surface area (Å²) in [7, 11) is 1.58. The molecule has 0 saturated heterocycles. The first-order valence-electron chi connectivity index (χ1n) is 5.05. The topological polar surface area (TPSA) is 44.5 Å². The third-order valence-corrected chi connectivity index (χ3v) is 2.40. The van der Waals surface area contributed by atoms with Crippen LogP contribution in [-0.4, -0.2) is 7.11 Å². The third-order valence-electron chi connectivity index (χ3n) is 2.17. The molecule has 0 spiro atoms. The Labute approximate surface area is 105 Å². The first-order chi connectivity index (χ1) is 8.17. The summed E-state index contributed by atoms with van der Waals surface area (Å²) in [4.78, 5) is 0. The molecule has 0 aliphatic rings. The predicted molar refractivity (Wildman–Crippen MR) is 68.9 cm³/mol. The molecule has 0 bridgehead atoms. The Kier molecular flexibility index (Phi) is 3.40. The number of rotatable bonds is 3. The molecule has 2 rings (SSSR count). The molecule has 0 amide bonds. The molecule has 2 N–H and O–H groups in total. The third kappa shape index (κ3) is 3.04. The fourth-order valence-corrected chi connectivity index (χ4v) is 1.62. The SMILES string of the molecule is COc1cc(N)cc(Oc2cccc(Cl)c2)c1. The molecule has 0 heterocycles. The normalized spacial score (nSPS) is 10.0. The quantitative estimate of drug-likeness (QED) is 0.843. The van der Waals surface area contributed by atoms with E-state index in [-0.39, 0.29) is 0 Å². The molecule has 3 nitrogen and oxygen atoms in total. The minimum absolute atomic E-state index is 0.585. The second-order valence-electron chi connectivity index (χ2n) is 3.50. The number of hydrogen-bond acceptors (Lipinski definition) is 3. The van der Waals surface area contributed by atoms with Crippen molar-refractivity contribution in [3.63, 3.8) is 0 Å². The van der Waals surface area contributed by atoms with E-state index in [0.29, 0.717) is 28.0 Å². The number of nitrogen functional groups attached to an aromatic ring is 1. The average Bonchev–Trinajstić information content (AvgIpc) is 2.28. The molecule has 88 valence electrons. The summed E-state index contributed by atoms with van der Waals surface area (Å²) >= 11 is 5.87. The van der Waals surface area contributed by atoms with Gasteiger partial charge in [-0.1, -0.05) is 17.7 Å². The van der Waals surface area contributed by atoms with Crippen LogP contribution in [-0.2, 0) is 0 Å². The number of hydrogen-bond donors (Lipinski definition) is 1. The van der Waals surface area contributed by atoms with Crippen LogP contribution in [0.3, 0.4) is 0 Å². The van der Waals surface area contributed by atoms with Crippen molar-refractivity contribution in [2.24, 2.45) is 0 Å². The molecule has 2 aromatic rings. The summed E-state index contributed by atoms with van der Waals surface area (Å²) in [6.07, 6.45) is 0. The van der Waals surface area contributed by atoms with Crippen molar-refractivity contribution in [2.45, 2.75) is 0 Å². The standard InChI is InChI=1S/C13H12ClNO2/c1-16-12-6-10(15)7-13(8-12)17-11-4-2-3-9(14)5-11/h2-8H,15H2,1H3. The zero-order valence-electron chi connectivity index (χ0n) is 9.31. The van der Waals surface area contributed by atoms with Crippen LogP contribution in [0.25, 0.3) is 0 Å². The number of ether oxygens (including phenoxy) is 2. The highest BCUT2D eigenvalue weighted by molar-refractivity contribution is 6.30. The van der Waals surface area contributed by atoms with Crippen molar-refractivity contribution in [1.29, 1.82) is 0 Å². The van der Waals surface area contributed by atoms with Gasteiger partial charge in [-0.3, -0.25) is 0 Å². The molecule has 0 fully saturated rings. The van der Waals surface area contributed by atoms with Gasteiger partial charge in [0.2, 0.25) is 0 Å². The highest BCUT2D eigenvalue weighted by Gasteiger charge is 2.02. The van der Waals surface area contributed by atoms with Crippen molar-refractivity contribution in [3.8, 4) is 17.2 Å². The molecule has 0 saturated carbocycles. The summed E-state index contributed by atoms with van der Waals surface area (Å²) in [5.41, 5.74) is 6.32. The van der Waals surface area contributed by atoms with Gasteiger partial charge in [-0.05, 0) is 18.2 Å². The fourth-order valence-electron chi connectivity index (χ4n) is 1.44. The van der Waals surface area contributed by atoms with E-state index in [4.69, 9.17) is 26.8 Å². The van der Waals surface area contributed by atoms with E-state index in [1.54, 1.807) is 37.4 Å². The van der Waals surface area contributed by atoms with Gasteiger partial charge >= 0.3 is 0 Å². The van der Waals surface area contributed by atoms with Crippen molar-refractivity contribution in [1.82, 2.24) is 0 Å². The molecule has 0 radical (unpaired) electrons. The number of methoxy groups -OCH3 is 1. The van der Waals surface area contributed by atoms with E-state index in [2.05, 4.69) is 0 Å². The van der Waals surface area contributed by atoms with Gasteiger partial charge in [0.1, 0.15) is 17.2 Å². The van der Waals surface area contributed by atoms with Crippen molar-refractivity contribution < 1.29 is 9.47 Å². The van der Waals surface area contributed by atoms with Gasteiger partial charge in [0.15, 0.2) is 0 Å². The number of halogens is 1. The number of benzene rings is 2. The van der Waals surface area contributed by atoms with Crippen LogP contribution in [0.2, 0.25) is 5.02 Å². The summed E-state index contributed by atoms with van der Waals surface area (Å²) in [5, 5.41) is 0.623. The lowest BCUT2D eigenvalue weighted by Gasteiger charge is -2.08. The monoisotopic (exact) mass is 249 g/mol. The maximum Gasteiger partial charge on any atom is 0.133 e. The van der Waals surface area contributed by atoms with E-state index in [1.165, 1.54) is 0 Å². The Morgan fingerprint density at radius 3 is 2.47 bits per heavy atom. The lowest BCUT2D eigenvalue weighted by Crippen LogP contribution is -1.91. The van der Waals surface area contributed by atoms with Crippen LogP contribution in [0.15, 0.2) is 42.5 Å². The Bertz CT molecular complexity index is 529. The van der Waals surface area contributed by atoms with Gasteiger partial charge < -0.3 is 15.2 Å². The van der Waals surface area contributed by atoms with E-state index in [1.807, 2.05) is 12.1 Å². The largest absolute Gasteiger partial charge is 0.497 e. The summed E-state index contributed by atoms with van der Waals surface area (Å²) in [6, 6.07) is 12.4. The number of nitrogens with two attached hydrogens (primary N) is 1. The van der Waals surface area contributed by atoms with Crippen LogP contribution in [0.1, 0.15) is 0 Å². The van der Waals surface area contributed by atoms with Gasteiger partial charge in [0.25, 0.3) is 0 Å². The summed E-state index contributed by atoms with van der Waals surface area (Å²) < 4.78 is 10.7. The molecular formula is C13H12ClNO2. The molecule has 4 heteroatoms. The second-order valence-corrected chi connectivity index (χ2v) is 3.94. The minimum atomic E-state index is 0.585. The van der Waals surface area contributed by atoms with Gasteiger partial charge in [0, 0.05) is 28.9 Å². The van der Waals surface area contributed by atoms with Crippen LogP contribution < -0.4 is 15.2 Å². The lowest BCUT2D eigenvalue weighted by molar-refractivity contribution is 0.409. The van der Waals surface area contributed by atoms with E-state index >= 15 is 0 Å². The van der Waals surface area contributed by atoms with Crippen LogP contribution >= 0.6 is 11.6 Å². The highest BCUT2D eigenvalue weighted by Crippen LogP contribution is 2.29. The van der Waals surface area contributed by atoms with Crippen molar-refractivity contribution >= 4 is 17.3 Å². The molecule has 0 unspecified atom stereocenters. The maximum absolute atomic E-state index is 5.87. The molecule has 2 aromatic carbocycles. The Morgan fingerprint density at radius 2 is 1.76 bits per heavy atom. The Balaban J connectivity index is 2.26. The van der Waals surface area contributed by atoms with Crippen LogP contribution in [0, 0.1) is 0 Å². The van der Waals surface area contributed by atoms with Gasteiger partial charge in [-0.2, -0.15) is 0 Å². The molecule has 0 aliphatic heterocycles. The van der Waals surface area contributed by atoms with E-state index in [0.717, 1.165) is 0 Å². The van der Waals surface area contributed by atoms with Crippen molar-refractivity contribution in [2.75, 3.05) is 12.8 Å². The van der Waals surface area contributed by atoms with Crippen LogP contribution in [0.4, 0.5) is 5.69 Å². The lowest BCUT2D eigenvalue weighted by atomic mass is 10.3. The zero-order valence-corrected chi connectivity index (χ0v) is 10.1. The van der Waals surface area contributed by atoms with E-state index < -0.39 is 0 Å². The Morgan fingerprint density at radius 1 is 1.00 bits per heavy atom. The highest BCUT2D eigenvalue weighted by atomic mass is 35.5. The fraction of sp³-hybridized carbons (Fsp3) is 0.0769. The van der Waals surface area contributed by atoms with E-state index in [9.17, 15) is 0 Å². The molecule has 17 heavy (non-hydrogen) atoms. The molecule has 0 aliphatic carbocycles. The van der Waals surface area contributed by atoms with Gasteiger partial charge in [-0.15, -0.1) is 0 Å². The predicted octanol–water partition coefficient (Wildman–Crippen LogP) is 3.72. The molecule has 0 aromatic heterocycles. The molecular weight excluding hydrogens is 238 g/mol.